The molecule has 0 bridgehead atoms. The van der Waals surface area contributed by atoms with Crippen LogP contribution in [-0.2, 0) is 0 Å². The molecule has 0 atom stereocenters. The largest absolute Gasteiger partial charge is 0.331 e. The van der Waals surface area contributed by atoms with Crippen molar-refractivity contribution in [3.8, 4) is 0 Å². The van der Waals surface area contributed by atoms with Crippen molar-refractivity contribution in [1.82, 2.24) is 5.43 Å². The third-order valence-corrected chi connectivity index (χ3v) is 2.89. The number of rotatable bonds is 3. The van der Waals surface area contributed by atoms with Gasteiger partial charge < -0.3 is 5.32 Å². The molecule has 4 heteroatoms. The summed E-state index contributed by atoms with van der Waals surface area (Å²) in [5, 5.41) is 3.64. The van der Waals surface area contributed by atoms with E-state index in [1.54, 1.807) is 0 Å². The highest BCUT2D eigenvalue weighted by molar-refractivity contribution is 7.80. The smallest absolute Gasteiger partial charge is 0.189 e. The highest BCUT2D eigenvalue weighted by Gasteiger charge is 1.97. The van der Waals surface area contributed by atoms with Gasteiger partial charge in [-0.2, -0.15) is 0 Å². The number of hydrazine groups is 1. The second-order valence-corrected chi connectivity index (χ2v) is 4.84. The zero-order valence-electron chi connectivity index (χ0n) is 11.0. The molecule has 0 aliphatic carbocycles. The van der Waals surface area contributed by atoms with Crippen LogP contribution in [0.5, 0.6) is 0 Å². The summed E-state index contributed by atoms with van der Waals surface area (Å²) in [6, 6.07) is 16.1. The van der Waals surface area contributed by atoms with Crippen LogP contribution >= 0.6 is 12.2 Å². The first-order valence-electron chi connectivity index (χ1n) is 6.10. The highest BCUT2D eigenvalue weighted by Crippen LogP contribution is 2.09. The first-order chi connectivity index (χ1) is 9.13. The van der Waals surface area contributed by atoms with Gasteiger partial charge in [0.15, 0.2) is 5.11 Å². The summed E-state index contributed by atoms with van der Waals surface area (Å²) in [7, 11) is 0. The van der Waals surface area contributed by atoms with Crippen LogP contribution in [-0.4, -0.2) is 5.11 Å². The first kappa shape index (κ1) is 13.4. The molecule has 2 aromatic carbocycles. The van der Waals surface area contributed by atoms with Crippen LogP contribution in [0.2, 0.25) is 0 Å². The number of benzene rings is 2. The number of aryl methyl sites for hydroxylation is 2. The van der Waals surface area contributed by atoms with Gasteiger partial charge in [0, 0.05) is 5.69 Å². The quantitative estimate of drug-likeness (QED) is 0.588. The SMILES string of the molecule is Cc1ccc(NNC(=S)Nc2ccc(C)cc2)cc1. The molecule has 2 rings (SSSR count). The molecule has 19 heavy (non-hydrogen) atoms. The van der Waals surface area contributed by atoms with Gasteiger partial charge in [-0.25, -0.2) is 0 Å². The van der Waals surface area contributed by atoms with Crippen LogP contribution in [0.3, 0.4) is 0 Å². The Labute approximate surface area is 119 Å². The second-order valence-electron chi connectivity index (χ2n) is 4.44. The predicted molar refractivity (Wildman–Crippen MR) is 85.3 cm³/mol. The van der Waals surface area contributed by atoms with Crippen LogP contribution in [0.15, 0.2) is 48.5 Å². The Morgan fingerprint density at radius 3 is 1.79 bits per heavy atom. The lowest BCUT2D eigenvalue weighted by atomic mass is 10.2. The first-order valence-corrected chi connectivity index (χ1v) is 6.51. The molecule has 2 aromatic rings. The highest BCUT2D eigenvalue weighted by atomic mass is 32.1. The van der Waals surface area contributed by atoms with E-state index >= 15 is 0 Å². The molecule has 0 aliphatic heterocycles. The minimum Gasteiger partial charge on any atom is -0.331 e. The lowest BCUT2D eigenvalue weighted by Gasteiger charge is -2.12. The fraction of sp³-hybridized carbons (Fsp3) is 0.133. The molecule has 0 spiro atoms. The summed E-state index contributed by atoms with van der Waals surface area (Å²) in [4.78, 5) is 0. The lowest BCUT2D eigenvalue weighted by Crippen LogP contribution is -2.33. The van der Waals surface area contributed by atoms with Crippen LogP contribution in [0, 0.1) is 13.8 Å². The number of hydrogen-bond donors (Lipinski definition) is 3. The van der Waals surface area contributed by atoms with E-state index in [2.05, 4.69) is 30.0 Å². The third-order valence-electron chi connectivity index (χ3n) is 2.68. The van der Waals surface area contributed by atoms with Crippen molar-refractivity contribution in [2.75, 3.05) is 10.7 Å². The van der Waals surface area contributed by atoms with Crippen molar-refractivity contribution >= 4 is 28.7 Å². The van der Waals surface area contributed by atoms with Crippen LogP contribution in [0.25, 0.3) is 0 Å². The number of hydrogen-bond acceptors (Lipinski definition) is 2. The maximum Gasteiger partial charge on any atom is 0.189 e. The zero-order valence-corrected chi connectivity index (χ0v) is 11.8. The van der Waals surface area contributed by atoms with Gasteiger partial charge in [-0.15, -0.1) is 0 Å². The molecule has 98 valence electrons. The molecule has 0 unspecified atom stereocenters. The molecule has 0 radical (unpaired) electrons. The van der Waals surface area contributed by atoms with E-state index in [0.29, 0.717) is 5.11 Å². The Kier molecular flexibility index (Phi) is 4.36. The van der Waals surface area contributed by atoms with Crippen molar-refractivity contribution < 1.29 is 0 Å². The molecule has 3 nitrogen and oxygen atoms in total. The lowest BCUT2D eigenvalue weighted by molar-refractivity contribution is 1.14. The summed E-state index contributed by atoms with van der Waals surface area (Å²) in [6.45, 7) is 4.11. The van der Waals surface area contributed by atoms with E-state index in [1.807, 2.05) is 48.5 Å². The van der Waals surface area contributed by atoms with Crippen LogP contribution in [0.4, 0.5) is 11.4 Å². The third kappa shape index (κ3) is 4.26. The normalized spacial score (nSPS) is 9.79. The van der Waals surface area contributed by atoms with Gasteiger partial charge in [0.2, 0.25) is 0 Å². The molecule has 0 amide bonds. The van der Waals surface area contributed by atoms with E-state index in [-0.39, 0.29) is 0 Å². The summed E-state index contributed by atoms with van der Waals surface area (Å²) in [5.74, 6) is 0. The van der Waals surface area contributed by atoms with Crippen molar-refractivity contribution in [1.29, 1.82) is 0 Å². The summed E-state index contributed by atoms with van der Waals surface area (Å²) in [5.41, 5.74) is 10.4. The predicted octanol–water partition coefficient (Wildman–Crippen LogP) is 3.62. The van der Waals surface area contributed by atoms with Gasteiger partial charge in [-0.1, -0.05) is 35.4 Å². The minimum absolute atomic E-state index is 0.532. The van der Waals surface area contributed by atoms with Crippen LogP contribution in [0.1, 0.15) is 11.1 Å². The molecule has 3 N–H and O–H groups in total. The maximum absolute atomic E-state index is 5.21. The van der Waals surface area contributed by atoms with E-state index in [1.165, 1.54) is 11.1 Å². The van der Waals surface area contributed by atoms with Gasteiger partial charge in [-0.05, 0) is 50.3 Å². The molecule has 0 saturated carbocycles. The van der Waals surface area contributed by atoms with Crippen molar-refractivity contribution in [2.45, 2.75) is 13.8 Å². The molecule has 0 fully saturated rings. The zero-order chi connectivity index (χ0) is 13.7. The summed E-state index contributed by atoms with van der Waals surface area (Å²) >= 11 is 5.21. The number of thiocarbonyl (C=S) groups is 1. The van der Waals surface area contributed by atoms with Crippen molar-refractivity contribution in [2.24, 2.45) is 0 Å². The topological polar surface area (TPSA) is 36.1 Å². The monoisotopic (exact) mass is 271 g/mol. The molecule has 0 saturated heterocycles. The number of anilines is 2. The Hall–Kier alpha value is -2.07. The van der Waals surface area contributed by atoms with Crippen LogP contribution < -0.4 is 16.2 Å². The van der Waals surface area contributed by atoms with E-state index in [4.69, 9.17) is 12.2 Å². The molecule has 0 aromatic heterocycles. The molecule has 0 aliphatic rings. The Balaban J connectivity index is 1.84. The molecular formula is C15H17N3S. The fourth-order valence-corrected chi connectivity index (χ4v) is 1.73. The van der Waals surface area contributed by atoms with Gasteiger partial charge in [0.1, 0.15) is 0 Å². The average molecular weight is 271 g/mol. The van der Waals surface area contributed by atoms with Gasteiger partial charge in [0.25, 0.3) is 0 Å². The molecule has 0 heterocycles. The average Bonchev–Trinajstić information content (AvgIpc) is 2.41. The standard InChI is InChI=1S/C15H17N3S/c1-11-3-7-13(8-4-11)16-15(19)18-17-14-9-5-12(2)6-10-14/h3-10,17H,1-2H3,(H2,16,18,19). The van der Waals surface area contributed by atoms with Gasteiger partial charge >= 0.3 is 0 Å². The Morgan fingerprint density at radius 1 is 0.789 bits per heavy atom. The Morgan fingerprint density at radius 2 is 1.26 bits per heavy atom. The van der Waals surface area contributed by atoms with Gasteiger partial charge in [-0.3, -0.25) is 10.9 Å². The number of nitrogens with one attached hydrogen (secondary N) is 3. The maximum atomic E-state index is 5.21. The summed E-state index contributed by atoms with van der Waals surface area (Å²) in [6.07, 6.45) is 0. The molecular weight excluding hydrogens is 254 g/mol. The van der Waals surface area contributed by atoms with Gasteiger partial charge in [0.05, 0.1) is 5.69 Å². The minimum atomic E-state index is 0.532. The van der Waals surface area contributed by atoms with E-state index in [0.717, 1.165) is 11.4 Å². The summed E-state index contributed by atoms with van der Waals surface area (Å²) < 4.78 is 0. The Bertz CT molecular complexity index is 547. The second kappa shape index (κ2) is 6.20. The van der Waals surface area contributed by atoms with Crippen molar-refractivity contribution in [3.05, 3.63) is 59.7 Å². The fourth-order valence-electron chi connectivity index (χ4n) is 1.57. The van der Waals surface area contributed by atoms with E-state index < -0.39 is 0 Å². The van der Waals surface area contributed by atoms with E-state index in [9.17, 15) is 0 Å². The van der Waals surface area contributed by atoms with Crippen molar-refractivity contribution in [3.63, 3.8) is 0 Å².